The van der Waals surface area contributed by atoms with Gasteiger partial charge in [-0.15, -0.1) is 0 Å². The summed E-state index contributed by atoms with van der Waals surface area (Å²) in [5.74, 6) is 1.59. The standard InChI is InChI=1S/C17H17BrIN3O4/c18-13-9-12(26-17(13)22-5-7-24-8-6-22)10-20-21-16(23)11-25-15-4-2-1-3-14(15)19/h1-4,9-10H,5-8,11H2,(H,21,23)/b20-10+. The summed E-state index contributed by atoms with van der Waals surface area (Å²) < 4.78 is 18.4. The first-order chi connectivity index (χ1) is 12.6. The van der Waals surface area contributed by atoms with Crippen LogP contribution in [0.5, 0.6) is 5.75 Å². The normalized spacial score (nSPS) is 14.6. The number of rotatable bonds is 6. The number of carbonyl (C=O) groups is 1. The Hall–Kier alpha value is -1.59. The molecule has 0 bridgehead atoms. The first-order valence-electron chi connectivity index (χ1n) is 7.95. The van der Waals surface area contributed by atoms with Crippen LogP contribution < -0.4 is 15.1 Å². The van der Waals surface area contributed by atoms with Gasteiger partial charge in [0.25, 0.3) is 5.91 Å². The lowest BCUT2D eigenvalue weighted by molar-refractivity contribution is -0.123. The number of halogens is 2. The highest BCUT2D eigenvalue weighted by atomic mass is 127. The quantitative estimate of drug-likeness (QED) is 0.351. The van der Waals surface area contributed by atoms with Crippen molar-refractivity contribution < 1.29 is 18.7 Å². The molecule has 1 aliphatic rings. The number of ether oxygens (including phenoxy) is 2. The van der Waals surface area contributed by atoms with Crippen LogP contribution in [0.15, 0.2) is 44.3 Å². The van der Waals surface area contributed by atoms with Gasteiger partial charge in [0.15, 0.2) is 12.4 Å². The number of nitrogens with one attached hydrogen (secondary N) is 1. The van der Waals surface area contributed by atoms with Gasteiger partial charge in [0, 0.05) is 19.2 Å². The Morgan fingerprint density at radius 1 is 1.38 bits per heavy atom. The molecule has 0 aliphatic carbocycles. The number of morpholine rings is 1. The van der Waals surface area contributed by atoms with Gasteiger partial charge in [-0.25, -0.2) is 5.43 Å². The average molecular weight is 534 g/mol. The van der Waals surface area contributed by atoms with Gasteiger partial charge < -0.3 is 18.8 Å². The third-order valence-electron chi connectivity index (χ3n) is 3.56. The fourth-order valence-electron chi connectivity index (χ4n) is 2.33. The van der Waals surface area contributed by atoms with Crippen molar-refractivity contribution in [3.8, 4) is 5.75 Å². The molecule has 2 heterocycles. The maximum absolute atomic E-state index is 11.8. The number of amides is 1. The van der Waals surface area contributed by atoms with Crippen LogP contribution in [-0.2, 0) is 9.53 Å². The number of anilines is 1. The van der Waals surface area contributed by atoms with E-state index in [1.165, 1.54) is 6.21 Å². The van der Waals surface area contributed by atoms with Crippen molar-refractivity contribution in [2.45, 2.75) is 0 Å². The summed E-state index contributed by atoms with van der Waals surface area (Å²) in [7, 11) is 0. The molecule has 26 heavy (non-hydrogen) atoms. The molecule has 1 aromatic heterocycles. The Bertz CT molecular complexity index is 790. The summed E-state index contributed by atoms with van der Waals surface area (Å²) in [6.07, 6.45) is 1.46. The zero-order valence-corrected chi connectivity index (χ0v) is 17.5. The monoisotopic (exact) mass is 533 g/mol. The lowest BCUT2D eigenvalue weighted by atomic mass is 10.3. The number of furan rings is 1. The molecule has 1 amide bonds. The minimum Gasteiger partial charge on any atom is -0.483 e. The van der Waals surface area contributed by atoms with Crippen LogP contribution in [-0.4, -0.2) is 45.0 Å². The molecular weight excluding hydrogens is 517 g/mol. The summed E-state index contributed by atoms with van der Waals surface area (Å²) in [5.41, 5.74) is 2.42. The number of nitrogens with zero attached hydrogens (tertiary/aromatic N) is 2. The van der Waals surface area contributed by atoms with E-state index in [1.54, 1.807) is 0 Å². The number of hydrogen-bond donors (Lipinski definition) is 1. The van der Waals surface area contributed by atoms with Crippen LogP contribution >= 0.6 is 38.5 Å². The van der Waals surface area contributed by atoms with Crippen molar-refractivity contribution in [2.75, 3.05) is 37.8 Å². The first-order valence-corrected chi connectivity index (χ1v) is 9.82. The van der Waals surface area contributed by atoms with Gasteiger partial charge in [0.05, 0.1) is 27.5 Å². The van der Waals surface area contributed by atoms with E-state index < -0.39 is 0 Å². The molecule has 138 valence electrons. The van der Waals surface area contributed by atoms with E-state index >= 15 is 0 Å². The molecule has 2 aromatic rings. The van der Waals surface area contributed by atoms with Crippen LogP contribution in [0, 0.1) is 3.57 Å². The van der Waals surface area contributed by atoms with Crippen molar-refractivity contribution in [1.29, 1.82) is 0 Å². The summed E-state index contributed by atoms with van der Waals surface area (Å²) in [4.78, 5) is 13.9. The third kappa shape index (κ3) is 5.21. The smallest absolute Gasteiger partial charge is 0.277 e. The Kier molecular flexibility index (Phi) is 6.92. The summed E-state index contributed by atoms with van der Waals surface area (Å²) in [5, 5.41) is 3.91. The lowest BCUT2D eigenvalue weighted by Crippen LogP contribution is -2.36. The van der Waals surface area contributed by atoms with Gasteiger partial charge in [-0.1, -0.05) is 12.1 Å². The van der Waals surface area contributed by atoms with Crippen molar-refractivity contribution >= 4 is 56.5 Å². The van der Waals surface area contributed by atoms with Crippen LogP contribution in [0.3, 0.4) is 0 Å². The number of carbonyl (C=O) groups excluding carboxylic acids is 1. The van der Waals surface area contributed by atoms with Crippen LogP contribution in [0.1, 0.15) is 5.76 Å². The molecule has 1 saturated heterocycles. The molecule has 0 atom stereocenters. The molecule has 0 spiro atoms. The van der Waals surface area contributed by atoms with Crippen molar-refractivity contribution in [2.24, 2.45) is 5.10 Å². The summed E-state index contributed by atoms with van der Waals surface area (Å²) in [6.45, 7) is 2.78. The van der Waals surface area contributed by atoms with Gasteiger partial charge in [0.1, 0.15) is 5.75 Å². The SMILES string of the molecule is O=C(COc1ccccc1I)N/N=C/c1cc(Br)c(N2CCOCC2)o1. The summed E-state index contributed by atoms with van der Waals surface area (Å²) >= 11 is 5.64. The predicted octanol–water partition coefficient (Wildman–Crippen LogP) is 3.01. The second-order valence-corrected chi connectivity index (χ2v) is 7.43. The number of hydrazone groups is 1. The molecule has 7 nitrogen and oxygen atoms in total. The minimum atomic E-state index is -0.347. The van der Waals surface area contributed by atoms with Crippen LogP contribution in [0.4, 0.5) is 5.88 Å². The third-order valence-corrected chi connectivity index (χ3v) is 5.02. The fourth-order valence-corrected chi connectivity index (χ4v) is 3.43. The van der Waals surface area contributed by atoms with E-state index in [1.807, 2.05) is 30.3 Å². The van der Waals surface area contributed by atoms with Crippen LogP contribution in [0.25, 0.3) is 0 Å². The number of benzene rings is 1. The van der Waals surface area contributed by atoms with Crippen LogP contribution in [0.2, 0.25) is 0 Å². The van der Waals surface area contributed by atoms with Crippen molar-refractivity contribution in [3.63, 3.8) is 0 Å². The Balaban J connectivity index is 1.50. The Morgan fingerprint density at radius 2 is 2.15 bits per heavy atom. The van der Waals surface area contributed by atoms with Gasteiger partial charge in [-0.2, -0.15) is 5.10 Å². The molecule has 9 heteroatoms. The highest BCUT2D eigenvalue weighted by Crippen LogP contribution is 2.30. The molecule has 1 aliphatic heterocycles. The molecule has 0 saturated carbocycles. The molecule has 0 unspecified atom stereocenters. The Morgan fingerprint density at radius 3 is 2.92 bits per heavy atom. The van der Waals surface area contributed by atoms with Gasteiger partial charge in [-0.3, -0.25) is 4.79 Å². The maximum atomic E-state index is 11.8. The molecule has 0 radical (unpaired) electrons. The lowest BCUT2D eigenvalue weighted by Gasteiger charge is -2.26. The van der Waals surface area contributed by atoms with Crippen molar-refractivity contribution in [3.05, 3.63) is 44.1 Å². The van der Waals surface area contributed by atoms with E-state index in [0.717, 1.165) is 27.0 Å². The second kappa shape index (κ2) is 9.38. The van der Waals surface area contributed by atoms with Crippen molar-refractivity contribution in [1.82, 2.24) is 5.43 Å². The highest BCUT2D eigenvalue weighted by Gasteiger charge is 2.18. The van der Waals surface area contributed by atoms with Gasteiger partial charge in [0.2, 0.25) is 5.88 Å². The molecule has 1 N–H and O–H groups in total. The minimum absolute atomic E-state index is 0.113. The molecule has 1 aromatic carbocycles. The Labute approximate surface area is 173 Å². The van der Waals surface area contributed by atoms with E-state index in [-0.39, 0.29) is 12.5 Å². The maximum Gasteiger partial charge on any atom is 0.277 e. The second-order valence-electron chi connectivity index (χ2n) is 5.41. The van der Waals surface area contributed by atoms with Gasteiger partial charge >= 0.3 is 0 Å². The van der Waals surface area contributed by atoms with E-state index in [4.69, 9.17) is 13.9 Å². The number of para-hydroxylation sites is 1. The average Bonchev–Trinajstić information content (AvgIpc) is 3.02. The van der Waals surface area contributed by atoms with E-state index in [2.05, 4.69) is 53.9 Å². The largest absolute Gasteiger partial charge is 0.483 e. The topological polar surface area (TPSA) is 76.3 Å². The fraction of sp³-hybridized carbons (Fsp3) is 0.294. The molecule has 1 fully saturated rings. The first kappa shape index (κ1) is 19.2. The van der Waals surface area contributed by atoms with Gasteiger partial charge in [-0.05, 0) is 50.7 Å². The zero-order valence-electron chi connectivity index (χ0n) is 13.8. The van der Waals surface area contributed by atoms with E-state index in [0.29, 0.717) is 24.7 Å². The number of hydrogen-bond acceptors (Lipinski definition) is 6. The predicted molar refractivity (Wildman–Crippen MR) is 110 cm³/mol. The highest BCUT2D eigenvalue weighted by molar-refractivity contribution is 14.1. The zero-order chi connectivity index (χ0) is 18.4. The molecular formula is C17H17BrIN3O4. The molecule has 3 rings (SSSR count). The van der Waals surface area contributed by atoms with E-state index in [9.17, 15) is 4.79 Å². The summed E-state index contributed by atoms with van der Waals surface area (Å²) in [6, 6.07) is 9.29.